The smallest absolute Gasteiger partial charge is 0.410 e. The second kappa shape index (κ2) is 10.8. The summed E-state index contributed by atoms with van der Waals surface area (Å²) in [5, 5.41) is 4.38. The first-order valence-corrected chi connectivity index (χ1v) is 12.2. The van der Waals surface area contributed by atoms with E-state index in [9.17, 15) is 4.79 Å². The van der Waals surface area contributed by atoms with Crippen LogP contribution in [0.4, 0.5) is 16.3 Å². The summed E-state index contributed by atoms with van der Waals surface area (Å²) in [6, 6.07) is 13.8. The lowest BCUT2D eigenvalue weighted by molar-refractivity contribution is 0.0165. The largest absolute Gasteiger partial charge is 0.493 e. The number of benzene rings is 2. The van der Waals surface area contributed by atoms with E-state index in [2.05, 4.69) is 15.3 Å². The summed E-state index contributed by atoms with van der Waals surface area (Å²) in [6.07, 6.45) is 4.02. The van der Waals surface area contributed by atoms with Gasteiger partial charge in [-0.15, -0.1) is 0 Å². The lowest BCUT2D eigenvalue weighted by atomic mass is 9.98. The lowest BCUT2D eigenvalue weighted by Gasteiger charge is -2.33. The third-order valence-corrected chi connectivity index (χ3v) is 6.05. The van der Waals surface area contributed by atoms with Crippen LogP contribution in [0.25, 0.3) is 10.9 Å². The number of likely N-dealkylation sites (tertiary alicyclic amines) is 1. The molecule has 0 radical (unpaired) electrons. The molecule has 1 amide bonds. The first-order valence-electron chi connectivity index (χ1n) is 12.2. The van der Waals surface area contributed by atoms with Crippen LogP contribution in [0.1, 0.15) is 39.2 Å². The van der Waals surface area contributed by atoms with Crippen molar-refractivity contribution in [1.82, 2.24) is 14.9 Å². The predicted octanol–water partition coefficient (Wildman–Crippen LogP) is 4.89. The van der Waals surface area contributed by atoms with E-state index in [4.69, 9.17) is 15.2 Å². The summed E-state index contributed by atoms with van der Waals surface area (Å²) >= 11 is 0. The minimum atomic E-state index is -0.469. The second-order valence-corrected chi connectivity index (χ2v) is 10.0. The van der Waals surface area contributed by atoms with Crippen molar-refractivity contribution in [2.45, 2.75) is 45.6 Å². The number of piperidine rings is 1. The Morgan fingerprint density at radius 3 is 2.57 bits per heavy atom. The fraction of sp³-hybridized carbons (Fsp3) is 0.444. The van der Waals surface area contributed by atoms with Gasteiger partial charge in [-0.3, -0.25) is 0 Å². The number of nitrogens with one attached hydrogen (secondary N) is 1. The van der Waals surface area contributed by atoms with E-state index in [-0.39, 0.29) is 6.09 Å². The normalized spacial score (nSPS) is 14.7. The van der Waals surface area contributed by atoms with Gasteiger partial charge in [0.05, 0.1) is 12.1 Å². The molecule has 3 N–H and O–H groups in total. The van der Waals surface area contributed by atoms with Gasteiger partial charge in [-0.1, -0.05) is 12.1 Å². The Bertz CT molecular complexity index is 1140. The predicted molar refractivity (Wildman–Crippen MR) is 139 cm³/mol. The zero-order valence-corrected chi connectivity index (χ0v) is 20.8. The summed E-state index contributed by atoms with van der Waals surface area (Å²) in [4.78, 5) is 22.9. The Morgan fingerprint density at radius 2 is 1.86 bits per heavy atom. The van der Waals surface area contributed by atoms with E-state index in [1.54, 1.807) is 11.2 Å². The van der Waals surface area contributed by atoms with Gasteiger partial charge in [0.1, 0.15) is 23.5 Å². The molecule has 8 nitrogen and oxygen atoms in total. The number of nitrogens with two attached hydrogens (primary N) is 1. The molecular formula is C27H35N5O3. The molecule has 0 saturated carbocycles. The zero-order chi connectivity index (χ0) is 24.8. The summed E-state index contributed by atoms with van der Waals surface area (Å²) in [5.74, 6) is 2.01. The third kappa shape index (κ3) is 6.97. The Labute approximate surface area is 206 Å². The van der Waals surface area contributed by atoms with E-state index < -0.39 is 5.60 Å². The van der Waals surface area contributed by atoms with Gasteiger partial charge >= 0.3 is 6.09 Å². The van der Waals surface area contributed by atoms with Crippen LogP contribution < -0.4 is 15.8 Å². The molecule has 0 spiro atoms. The van der Waals surface area contributed by atoms with Crippen molar-refractivity contribution in [3.05, 3.63) is 54.4 Å². The maximum atomic E-state index is 12.3. The van der Waals surface area contributed by atoms with Crippen LogP contribution in [0.3, 0.4) is 0 Å². The van der Waals surface area contributed by atoms with Gasteiger partial charge in [-0.2, -0.15) is 0 Å². The maximum absolute atomic E-state index is 12.3. The molecular weight excluding hydrogens is 442 g/mol. The molecule has 1 aromatic heterocycles. The van der Waals surface area contributed by atoms with Crippen molar-refractivity contribution in [2.75, 3.05) is 37.3 Å². The molecule has 186 valence electrons. The second-order valence-electron chi connectivity index (χ2n) is 10.0. The Hall–Kier alpha value is -3.55. The average Bonchev–Trinajstić information content (AvgIpc) is 2.83. The molecule has 1 fully saturated rings. The molecule has 0 bridgehead atoms. The topological polar surface area (TPSA) is 103 Å². The molecule has 1 aliphatic rings. The first-order chi connectivity index (χ1) is 16.8. The van der Waals surface area contributed by atoms with Crippen LogP contribution >= 0.6 is 0 Å². The monoisotopic (exact) mass is 477 g/mol. The van der Waals surface area contributed by atoms with Gasteiger partial charge in [-0.05, 0) is 75.8 Å². The number of aromatic nitrogens is 2. The number of nitrogen functional groups attached to an aromatic ring is 1. The van der Waals surface area contributed by atoms with E-state index in [0.29, 0.717) is 25.6 Å². The van der Waals surface area contributed by atoms with Gasteiger partial charge in [-0.25, -0.2) is 14.8 Å². The lowest BCUT2D eigenvalue weighted by Crippen LogP contribution is -2.42. The van der Waals surface area contributed by atoms with Gasteiger partial charge in [0.25, 0.3) is 0 Å². The molecule has 0 unspecified atom stereocenters. The summed E-state index contributed by atoms with van der Waals surface area (Å²) < 4.78 is 11.6. The highest BCUT2D eigenvalue weighted by atomic mass is 16.6. The third-order valence-electron chi connectivity index (χ3n) is 6.05. The van der Waals surface area contributed by atoms with E-state index >= 15 is 0 Å². The number of nitrogens with zero attached hydrogens (tertiary/aromatic N) is 3. The molecule has 4 rings (SSSR count). The molecule has 3 aromatic rings. The van der Waals surface area contributed by atoms with E-state index in [0.717, 1.165) is 54.0 Å². The minimum absolute atomic E-state index is 0.232. The Balaban J connectivity index is 1.28. The number of fused-ring (bicyclic) bond motifs is 1. The molecule has 8 heteroatoms. The summed E-state index contributed by atoms with van der Waals surface area (Å²) in [5.41, 5.74) is 8.12. The average molecular weight is 478 g/mol. The van der Waals surface area contributed by atoms with Crippen LogP contribution in [-0.2, 0) is 11.2 Å². The zero-order valence-electron chi connectivity index (χ0n) is 20.8. The molecule has 1 aliphatic heterocycles. The number of carbonyl (C=O) groups excluding carboxylic acids is 1. The highest BCUT2D eigenvalue weighted by Gasteiger charge is 2.27. The number of hydrogen-bond acceptors (Lipinski definition) is 7. The standard InChI is InChI=1S/C27H35N5O3/c1-27(2,3)35-26(33)32-14-11-20(12-15-32)17-34-22-8-9-23-24(16-22)30-18-31-25(23)29-13-10-19-4-6-21(28)7-5-19/h4-9,16,18,20H,10-15,17,28H2,1-3H3,(H,29,30,31). The van der Waals surface area contributed by atoms with E-state index in [1.807, 2.05) is 63.2 Å². The number of anilines is 2. The van der Waals surface area contributed by atoms with Crippen LogP contribution in [-0.4, -0.2) is 52.8 Å². The molecule has 0 atom stereocenters. The van der Waals surface area contributed by atoms with Crippen LogP contribution in [0.15, 0.2) is 48.8 Å². The highest BCUT2D eigenvalue weighted by molar-refractivity contribution is 5.89. The van der Waals surface area contributed by atoms with E-state index in [1.165, 1.54) is 5.56 Å². The summed E-state index contributed by atoms with van der Waals surface area (Å²) in [7, 11) is 0. The molecule has 0 aliphatic carbocycles. The highest BCUT2D eigenvalue weighted by Crippen LogP contribution is 2.26. The van der Waals surface area contributed by atoms with Crippen molar-refractivity contribution in [3.8, 4) is 5.75 Å². The SMILES string of the molecule is CC(C)(C)OC(=O)N1CCC(COc2ccc3c(NCCc4ccc(N)cc4)ncnc3c2)CC1. The van der Waals surface area contributed by atoms with Crippen LogP contribution in [0, 0.1) is 5.92 Å². The quantitative estimate of drug-likeness (QED) is 0.467. The number of amides is 1. The van der Waals surface area contributed by atoms with Crippen molar-refractivity contribution in [3.63, 3.8) is 0 Å². The minimum Gasteiger partial charge on any atom is -0.493 e. The van der Waals surface area contributed by atoms with Crippen molar-refractivity contribution >= 4 is 28.5 Å². The number of hydrogen-bond donors (Lipinski definition) is 2. The van der Waals surface area contributed by atoms with Crippen LogP contribution in [0.5, 0.6) is 5.75 Å². The Morgan fingerprint density at radius 1 is 1.11 bits per heavy atom. The molecule has 2 heterocycles. The number of carbonyl (C=O) groups is 1. The van der Waals surface area contributed by atoms with Crippen molar-refractivity contribution in [1.29, 1.82) is 0 Å². The van der Waals surface area contributed by atoms with Gasteiger partial charge in [0.15, 0.2) is 0 Å². The Kier molecular flexibility index (Phi) is 7.58. The molecule has 1 saturated heterocycles. The first kappa shape index (κ1) is 24.6. The molecule has 35 heavy (non-hydrogen) atoms. The number of rotatable bonds is 7. The van der Waals surface area contributed by atoms with Crippen molar-refractivity contribution in [2.24, 2.45) is 5.92 Å². The van der Waals surface area contributed by atoms with Gasteiger partial charge in [0.2, 0.25) is 0 Å². The fourth-order valence-corrected chi connectivity index (χ4v) is 4.10. The number of ether oxygens (including phenoxy) is 2. The van der Waals surface area contributed by atoms with Gasteiger partial charge in [0, 0.05) is 36.8 Å². The van der Waals surface area contributed by atoms with Crippen LogP contribution in [0.2, 0.25) is 0 Å². The van der Waals surface area contributed by atoms with Crippen molar-refractivity contribution < 1.29 is 14.3 Å². The fourth-order valence-electron chi connectivity index (χ4n) is 4.10. The van der Waals surface area contributed by atoms with Gasteiger partial charge < -0.3 is 25.4 Å². The molecule has 2 aromatic carbocycles. The summed E-state index contributed by atoms with van der Waals surface area (Å²) in [6.45, 7) is 8.43. The maximum Gasteiger partial charge on any atom is 0.410 e.